The third kappa shape index (κ3) is 7.04. The van der Waals surface area contributed by atoms with E-state index < -0.39 is 40.9 Å². The number of benzene rings is 1. The Morgan fingerprint density at radius 3 is 2.20 bits per heavy atom. The molecular formula is C15H16F3NO5S. The number of carboxylic acids is 1. The Morgan fingerprint density at radius 1 is 1.20 bits per heavy atom. The quantitative estimate of drug-likeness (QED) is 0.669. The van der Waals surface area contributed by atoms with E-state index in [4.69, 9.17) is 5.11 Å². The molecule has 0 aliphatic carbocycles. The van der Waals surface area contributed by atoms with Gasteiger partial charge in [0.05, 0.1) is 0 Å². The fourth-order valence-corrected chi connectivity index (χ4v) is 2.60. The number of nitrogens with one attached hydrogen (secondary N) is 1. The Kier molecular flexibility index (Phi) is 7.28. The van der Waals surface area contributed by atoms with Gasteiger partial charge in [-0.05, 0) is 17.7 Å². The standard InChI is InChI=1S/C15H16F3NO5S/c1-8(20)25-7-11(15(16,17)18)13(22)19-12(14(23)24)6-9-2-4-10(21)5-3-9/h2-5,11-12,21H,6-7H2,1H3,(H,19,22)(H,23,24)/t11?,12-/m1/s1. The summed E-state index contributed by atoms with van der Waals surface area (Å²) in [6.07, 6.45) is -5.17. The highest BCUT2D eigenvalue weighted by molar-refractivity contribution is 8.13. The van der Waals surface area contributed by atoms with Crippen LogP contribution in [0.15, 0.2) is 24.3 Å². The number of phenolic OH excluding ortho intramolecular Hbond substituents is 1. The third-order valence-corrected chi connectivity index (χ3v) is 4.06. The van der Waals surface area contributed by atoms with E-state index in [0.717, 1.165) is 6.92 Å². The molecule has 0 aliphatic heterocycles. The second-order valence-corrected chi connectivity index (χ2v) is 6.36. The van der Waals surface area contributed by atoms with Crippen LogP contribution in [0.5, 0.6) is 5.75 Å². The summed E-state index contributed by atoms with van der Waals surface area (Å²) in [4.78, 5) is 34.0. The molecule has 0 spiro atoms. The molecule has 10 heteroatoms. The first-order valence-electron chi connectivity index (χ1n) is 7.02. The molecule has 0 aliphatic rings. The van der Waals surface area contributed by atoms with Crippen LogP contribution in [0.3, 0.4) is 0 Å². The van der Waals surface area contributed by atoms with Crippen molar-refractivity contribution in [3.8, 4) is 5.75 Å². The highest BCUT2D eigenvalue weighted by atomic mass is 32.2. The number of carboxylic acid groups (broad SMARTS) is 1. The lowest BCUT2D eigenvalue weighted by Gasteiger charge is -2.22. The lowest BCUT2D eigenvalue weighted by atomic mass is 10.0. The molecule has 138 valence electrons. The maximum absolute atomic E-state index is 13.0. The summed E-state index contributed by atoms with van der Waals surface area (Å²) < 4.78 is 38.9. The van der Waals surface area contributed by atoms with Crippen molar-refractivity contribution in [2.24, 2.45) is 5.92 Å². The summed E-state index contributed by atoms with van der Waals surface area (Å²) in [5.74, 6) is -6.38. The SMILES string of the molecule is CC(=O)SCC(C(=O)N[C@H](Cc1ccc(O)cc1)C(=O)O)C(F)(F)F. The Hall–Kier alpha value is -2.23. The first kappa shape index (κ1) is 20.8. The fraction of sp³-hybridized carbons (Fsp3) is 0.400. The minimum absolute atomic E-state index is 0.0574. The van der Waals surface area contributed by atoms with Crippen molar-refractivity contribution in [1.82, 2.24) is 5.32 Å². The highest BCUT2D eigenvalue weighted by Crippen LogP contribution is 2.29. The molecule has 0 bridgehead atoms. The Balaban J connectivity index is 2.86. The topological polar surface area (TPSA) is 104 Å². The number of alkyl halides is 3. The zero-order valence-corrected chi connectivity index (χ0v) is 13.9. The second kappa shape index (κ2) is 8.75. The summed E-state index contributed by atoms with van der Waals surface area (Å²) >= 11 is 0.341. The van der Waals surface area contributed by atoms with Crippen molar-refractivity contribution in [2.45, 2.75) is 25.6 Å². The Morgan fingerprint density at radius 2 is 1.76 bits per heavy atom. The van der Waals surface area contributed by atoms with E-state index in [1.807, 2.05) is 5.32 Å². The van der Waals surface area contributed by atoms with E-state index in [0.29, 0.717) is 17.3 Å². The molecule has 6 nitrogen and oxygen atoms in total. The number of aliphatic carboxylic acids is 1. The molecule has 2 atom stereocenters. The fourth-order valence-electron chi connectivity index (χ4n) is 1.86. The number of halogens is 3. The van der Waals surface area contributed by atoms with E-state index in [-0.39, 0.29) is 12.2 Å². The molecule has 1 amide bonds. The van der Waals surface area contributed by atoms with E-state index >= 15 is 0 Å². The number of thioether (sulfide) groups is 1. The molecule has 0 aromatic heterocycles. The predicted octanol–water partition coefficient (Wildman–Crippen LogP) is 1.96. The average Bonchev–Trinajstić information content (AvgIpc) is 2.47. The number of amides is 1. The van der Waals surface area contributed by atoms with Crippen LogP contribution >= 0.6 is 11.8 Å². The molecule has 0 heterocycles. The molecule has 0 saturated carbocycles. The molecule has 25 heavy (non-hydrogen) atoms. The van der Waals surface area contributed by atoms with Gasteiger partial charge in [-0.3, -0.25) is 9.59 Å². The van der Waals surface area contributed by atoms with Gasteiger partial charge in [0.1, 0.15) is 17.7 Å². The largest absolute Gasteiger partial charge is 0.508 e. The van der Waals surface area contributed by atoms with Crippen LogP contribution < -0.4 is 5.32 Å². The molecule has 0 radical (unpaired) electrons. The number of phenols is 1. The van der Waals surface area contributed by atoms with Crippen molar-refractivity contribution in [3.05, 3.63) is 29.8 Å². The normalized spacial score (nSPS) is 13.8. The van der Waals surface area contributed by atoms with Gasteiger partial charge in [0.15, 0.2) is 5.12 Å². The first-order chi connectivity index (χ1) is 11.5. The Labute approximate surface area is 145 Å². The molecule has 1 aromatic carbocycles. The number of hydrogen-bond acceptors (Lipinski definition) is 5. The van der Waals surface area contributed by atoms with Crippen molar-refractivity contribution in [2.75, 3.05) is 5.75 Å². The molecule has 1 rings (SSSR count). The van der Waals surface area contributed by atoms with Crippen LogP contribution in [0.25, 0.3) is 0 Å². The lowest BCUT2D eigenvalue weighted by molar-refractivity contribution is -0.179. The molecule has 0 fully saturated rings. The first-order valence-corrected chi connectivity index (χ1v) is 8.00. The van der Waals surface area contributed by atoms with Crippen molar-refractivity contribution in [3.63, 3.8) is 0 Å². The minimum atomic E-state index is -4.91. The third-order valence-electron chi connectivity index (χ3n) is 3.16. The number of rotatable bonds is 7. The van der Waals surface area contributed by atoms with Crippen molar-refractivity contribution >= 4 is 28.8 Å². The van der Waals surface area contributed by atoms with Crippen LogP contribution in [0.4, 0.5) is 13.2 Å². The summed E-state index contributed by atoms with van der Waals surface area (Å²) in [6.45, 7) is 1.07. The van der Waals surface area contributed by atoms with Gasteiger partial charge in [-0.25, -0.2) is 4.79 Å². The average molecular weight is 379 g/mol. The number of carbonyl (C=O) groups is 3. The van der Waals surface area contributed by atoms with Gasteiger partial charge < -0.3 is 15.5 Å². The monoisotopic (exact) mass is 379 g/mol. The van der Waals surface area contributed by atoms with E-state index in [9.17, 15) is 32.7 Å². The molecule has 1 unspecified atom stereocenters. The number of aromatic hydroxyl groups is 1. The summed E-state index contributed by atoms with van der Waals surface area (Å²) in [7, 11) is 0. The minimum Gasteiger partial charge on any atom is -0.508 e. The van der Waals surface area contributed by atoms with Crippen LogP contribution in [0, 0.1) is 5.92 Å². The van der Waals surface area contributed by atoms with Gasteiger partial charge in [0.25, 0.3) is 0 Å². The smallest absolute Gasteiger partial charge is 0.401 e. The summed E-state index contributed by atoms with van der Waals surface area (Å²) in [5, 5.41) is 19.6. The van der Waals surface area contributed by atoms with Gasteiger partial charge in [-0.2, -0.15) is 13.2 Å². The van der Waals surface area contributed by atoms with Gasteiger partial charge >= 0.3 is 12.1 Å². The second-order valence-electron chi connectivity index (χ2n) is 5.17. The van der Waals surface area contributed by atoms with Crippen LogP contribution in [0.2, 0.25) is 0 Å². The summed E-state index contributed by atoms with van der Waals surface area (Å²) in [5.41, 5.74) is 0.409. The zero-order valence-electron chi connectivity index (χ0n) is 13.0. The van der Waals surface area contributed by atoms with Gasteiger partial charge in [0, 0.05) is 19.1 Å². The van der Waals surface area contributed by atoms with Gasteiger partial charge in [-0.1, -0.05) is 23.9 Å². The number of hydrogen-bond donors (Lipinski definition) is 3. The molecular weight excluding hydrogens is 363 g/mol. The highest BCUT2D eigenvalue weighted by Gasteiger charge is 2.45. The molecule has 1 aromatic rings. The van der Waals surface area contributed by atoms with Crippen LogP contribution in [-0.2, 0) is 20.8 Å². The predicted molar refractivity (Wildman–Crippen MR) is 84.1 cm³/mol. The molecule has 3 N–H and O–H groups in total. The van der Waals surface area contributed by atoms with Crippen LogP contribution in [0.1, 0.15) is 12.5 Å². The Bertz CT molecular complexity index is 633. The van der Waals surface area contributed by atoms with E-state index in [1.165, 1.54) is 24.3 Å². The van der Waals surface area contributed by atoms with E-state index in [1.54, 1.807) is 0 Å². The maximum Gasteiger partial charge on any atom is 0.401 e. The van der Waals surface area contributed by atoms with Crippen LogP contribution in [-0.4, -0.2) is 45.2 Å². The lowest BCUT2D eigenvalue weighted by Crippen LogP contribution is -2.49. The van der Waals surface area contributed by atoms with Crippen molar-refractivity contribution in [1.29, 1.82) is 0 Å². The van der Waals surface area contributed by atoms with E-state index in [2.05, 4.69) is 0 Å². The molecule has 0 saturated heterocycles. The van der Waals surface area contributed by atoms with Gasteiger partial charge in [-0.15, -0.1) is 0 Å². The zero-order chi connectivity index (χ0) is 19.2. The summed E-state index contributed by atoms with van der Waals surface area (Å²) in [6, 6.07) is 3.79. The van der Waals surface area contributed by atoms with Crippen molar-refractivity contribution < 1.29 is 37.8 Å². The van der Waals surface area contributed by atoms with Gasteiger partial charge in [0.2, 0.25) is 5.91 Å². The number of carbonyl (C=O) groups excluding carboxylic acids is 2. The maximum atomic E-state index is 13.0.